The molecule has 0 bridgehead atoms. The standard InChI is InChI=1S/C17H22Cl2N2/c1-12-5-3-2-4-6-15(12)21-16-8-7-13(19)11-14(16)20-17(21)9-10-18/h7-8,11-12,15H,2-6,9-10H2,1H3. The Kier molecular flexibility index (Phi) is 4.75. The Morgan fingerprint density at radius 1 is 1.24 bits per heavy atom. The minimum Gasteiger partial charge on any atom is -0.325 e. The van der Waals surface area contributed by atoms with Crippen molar-refractivity contribution in [1.82, 2.24) is 9.55 Å². The number of halogens is 2. The third kappa shape index (κ3) is 3.07. The third-order valence-electron chi connectivity index (χ3n) is 4.69. The Balaban J connectivity index is 2.11. The average Bonchev–Trinajstić information content (AvgIpc) is 2.65. The van der Waals surface area contributed by atoms with Gasteiger partial charge in [0.2, 0.25) is 0 Å². The topological polar surface area (TPSA) is 17.8 Å². The Morgan fingerprint density at radius 2 is 2.05 bits per heavy atom. The number of hydrogen-bond donors (Lipinski definition) is 0. The quantitative estimate of drug-likeness (QED) is 0.529. The van der Waals surface area contributed by atoms with Crippen molar-refractivity contribution >= 4 is 34.2 Å². The predicted octanol–water partition coefficient (Wildman–Crippen LogP) is 5.61. The van der Waals surface area contributed by atoms with Gasteiger partial charge in [0, 0.05) is 23.4 Å². The summed E-state index contributed by atoms with van der Waals surface area (Å²) >= 11 is 12.1. The van der Waals surface area contributed by atoms with Gasteiger partial charge in [0.1, 0.15) is 5.82 Å². The number of imidazole rings is 1. The fraction of sp³-hybridized carbons (Fsp3) is 0.588. The van der Waals surface area contributed by atoms with Crippen LogP contribution in [0.2, 0.25) is 5.02 Å². The maximum atomic E-state index is 6.12. The summed E-state index contributed by atoms with van der Waals surface area (Å²) in [5, 5.41) is 0.749. The lowest BCUT2D eigenvalue weighted by molar-refractivity contribution is 0.333. The Labute approximate surface area is 136 Å². The molecule has 0 radical (unpaired) electrons. The van der Waals surface area contributed by atoms with Gasteiger partial charge in [-0.1, -0.05) is 37.8 Å². The zero-order valence-corrected chi connectivity index (χ0v) is 14.0. The highest BCUT2D eigenvalue weighted by Crippen LogP contribution is 2.36. The summed E-state index contributed by atoms with van der Waals surface area (Å²) in [6.07, 6.45) is 7.37. The zero-order chi connectivity index (χ0) is 14.8. The number of benzene rings is 1. The van der Waals surface area contributed by atoms with E-state index in [-0.39, 0.29) is 0 Å². The third-order valence-corrected chi connectivity index (χ3v) is 5.11. The van der Waals surface area contributed by atoms with Crippen molar-refractivity contribution in [2.45, 2.75) is 51.5 Å². The number of aryl methyl sites for hydroxylation is 1. The molecule has 0 aliphatic heterocycles. The molecule has 1 aromatic heterocycles. The number of nitrogens with zero attached hydrogens (tertiary/aromatic N) is 2. The first-order valence-electron chi connectivity index (χ1n) is 7.93. The van der Waals surface area contributed by atoms with E-state index in [2.05, 4.69) is 17.6 Å². The van der Waals surface area contributed by atoms with Crippen LogP contribution in [0.15, 0.2) is 18.2 Å². The number of fused-ring (bicyclic) bond motifs is 1. The van der Waals surface area contributed by atoms with Crippen molar-refractivity contribution in [3.05, 3.63) is 29.0 Å². The normalized spacial score (nSPS) is 23.4. The summed E-state index contributed by atoms with van der Waals surface area (Å²) in [5.74, 6) is 2.41. The van der Waals surface area contributed by atoms with Crippen LogP contribution >= 0.6 is 23.2 Å². The Bertz CT molecular complexity index is 621. The average molecular weight is 325 g/mol. The molecule has 0 N–H and O–H groups in total. The molecular weight excluding hydrogens is 303 g/mol. The Hall–Kier alpha value is -0.730. The molecule has 1 fully saturated rings. The fourth-order valence-corrected chi connectivity index (χ4v) is 3.95. The highest BCUT2D eigenvalue weighted by molar-refractivity contribution is 6.31. The van der Waals surface area contributed by atoms with Crippen LogP contribution in [0.1, 0.15) is 50.9 Å². The molecule has 1 aliphatic carbocycles. The minimum atomic E-state index is 0.539. The molecule has 1 aliphatic rings. The van der Waals surface area contributed by atoms with E-state index in [0.717, 1.165) is 22.8 Å². The lowest BCUT2D eigenvalue weighted by Crippen LogP contribution is -2.18. The van der Waals surface area contributed by atoms with Gasteiger partial charge >= 0.3 is 0 Å². The van der Waals surface area contributed by atoms with Gasteiger partial charge in [-0.25, -0.2) is 4.98 Å². The minimum absolute atomic E-state index is 0.539. The van der Waals surface area contributed by atoms with Gasteiger partial charge in [-0.3, -0.25) is 0 Å². The zero-order valence-electron chi connectivity index (χ0n) is 12.5. The van der Waals surface area contributed by atoms with Crippen LogP contribution in [0.3, 0.4) is 0 Å². The molecule has 2 nitrogen and oxygen atoms in total. The molecule has 2 unspecified atom stereocenters. The van der Waals surface area contributed by atoms with Gasteiger partial charge in [-0.15, -0.1) is 11.6 Å². The molecular formula is C17H22Cl2N2. The lowest BCUT2D eigenvalue weighted by atomic mass is 9.96. The first-order valence-corrected chi connectivity index (χ1v) is 8.84. The van der Waals surface area contributed by atoms with Crippen molar-refractivity contribution in [3.8, 4) is 0 Å². The first kappa shape index (κ1) is 15.2. The second-order valence-electron chi connectivity index (χ2n) is 6.15. The predicted molar refractivity (Wildman–Crippen MR) is 90.5 cm³/mol. The number of rotatable bonds is 3. The SMILES string of the molecule is CC1CCCCCC1n1c(CCCl)nc2cc(Cl)ccc21. The van der Waals surface area contributed by atoms with Crippen LogP contribution in [0.5, 0.6) is 0 Å². The van der Waals surface area contributed by atoms with E-state index in [4.69, 9.17) is 28.2 Å². The monoisotopic (exact) mass is 324 g/mol. The molecule has 114 valence electrons. The van der Waals surface area contributed by atoms with Crippen LogP contribution in [-0.4, -0.2) is 15.4 Å². The molecule has 0 amide bonds. The fourth-order valence-electron chi connectivity index (χ4n) is 3.61. The van der Waals surface area contributed by atoms with Crippen molar-refractivity contribution < 1.29 is 0 Å². The summed E-state index contributed by atoms with van der Waals surface area (Å²) in [7, 11) is 0. The van der Waals surface area contributed by atoms with E-state index in [0.29, 0.717) is 17.8 Å². The van der Waals surface area contributed by atoms with Crippen LogP contribution in [0, 0.1) is 5.92 Å². The molecule has 4 heteroatoms. The van der Waals surface area contributed by atoms with Crippen molar-refractivity contribution in [3.63, 3.8) is 0 Å². The highest BCUT2D eigenvalue weighted by atomic mass is 35.5. The molecule has 3 rings (SSSR count). The maximum Gasteiger partial charge on any atom is 0.111 e. The molecule has 1 aromatic carbocycles. The van der Waals surface area contributed by atoms with Crippen LogP contribution < -0.4 is 0 Å². The molecule has 1 heterocycles. The van der Waals surface area contributed by atoms with Gasteiger partial charge < -0.3 is 4.57 Å². The molecule has 2 atom stereocenters. The van der Waals surface area contributed by atoms with Crippen LogP contribution in [-0.2, 0) is 6.42 Å². The second kappa shape index (κ2) is 6.58. The molecule has 0 saturated heterocycles. The summed E-state index contributed by atoms with van der Waals surface area (Å²) in [5.41, 5.74) is 2.21. The first-order chi connectivity index (χ1) is 10.2. The van der Waals surface area contributed by atoms with Gasteiger partial charge in [0.05, 0.1) is 11.0 Å². The van der Waals surface area contributed by atoms with E-state index in [1.54, 1.807) is 0 Å². The largest absolute Gasteiger partial charge is 0.325 e. The van der Waals surface area contributed by atoms with Gasteiger partial charge in [-0.2, -0.15) is 0 Å². The van der Waals surface area contributed by atoms with Crippen LogP contribution in [0.4, 0.5) is 0 Å². The summed E-state index contributed by atoms with van der Waals surface area (Å²) in [4.78, 5) is 4.80. The smallest absolute Gasteiger partial charge is 0.111 e. The van der Waals surface area contributed by atoms with Gasteiger partial charge in [0.25, 0.3) is 0 Å². The van der Waals surface area contributed by atoms with E-state index < -0.39 is 0 Å². The molecule has 21 heavy (non-hydrogen) atoms. The van der Waals surface area contributed by atoms with Crippen molar-refractivity contribution in [2.75, 3.05) is 5.88 Å². The van der Waals surface area contributed by atoms with E-state index in [1.807, 2.05) is 12.1 Å². The van der Waals surface area contributed by atoms with Crippen molar-refractivity contribution in [2.24, 2.45) is 5.92 Å². The van der Waals surface area contributed by atoms with Crippen LogP contribution in [0.25, 0.3) is 11.0 Å². The Morgan fingerprint density at radius 3 is 2.86 bits per heavy atom. The highest BCUT2D eigenvalue weighted by Gasteiger charge is 2.25. The summed E-state index contributed by atoms with van der Waals surface area (Å²) in [6.45, 7) is 2.38. The molecule has 1 saturated carbocycles. The van der Waals surface area contributed by atoms with Crippen molar-refractivity contribution in [1.29, 1.82) is 0 Å². The van der Waals surface area contributed by atoms with E-state index >= 15 is 0 Å². The van der Waals surface area contributed by atoms with Gasteiger partial charge in [0.15, 0.2) is 0 Å². The molecule has 2 aromatic rings. The molecule has 0 spiro atoms. The second-order valence-corrected chi connectivity index (χ2v) is 6.97. The van der Waals surface area contributed by atoms with Gasteiger partial charge in [-0.05, 0) is 37.0 Å². The maximum absolute atomic E-state index is 6.12. The van der Waals surface area contributed by atoms with E-state index in [1.165, 1.54) is 37.6 Å². The number of aromatic nitrogens is 2. The lowest BCUT2D eigenvalue weighted by Gasteiger charge is -2.26. The number of alkyl halides is 1. The summed E-state index contributed by atoms with van der Waals surface area (Å²) < 4.78 is 2.45. The summed E-state index contributed by atoms with van der Waals surface area (Å²) in [6, 6.07) is 6.58. The number of hydrogen-bond acceptors (Lipinski definition) is 1. The van der Waals surface area contributed by atoms with E-state index in [9.17, 15) is 0 Å².